The first-order valence-corrected chi connectivity index (χ1v) is 9.60. The lowest BCUT2D eigenvalue weighted by Gasteiger charge is -2.09. The van der Waals surface area contributed by atoms with Gasteiger partial charge in [-0.15, -0.1) is 12.4 Å². The topological polar surface area (TPSA) is 50.7 Å². The second-order valence-corrected chi connectivity index (χ2v) is 6.85. The highest BCUT2D eigenvalue weighted by atomic mass is 35.5. The average molecular weight is 419 g/mol. The van der Waals surface area contributed by atoms with E-state index in [-0.39, 0.29) is 12.4 Å². The van der Waals surface area contributed by atoms with Gasteiger partial charge in [0.25, 0.3) is 0 Å². The van der Waals surface area contributed by atoms with Gasteiger partial charge < -0.3 is 4.74 Å². The van der Waals surface area contributed by atoms with Gasteiger partial charge in [-0.05, 0) is 67.2 Å². The van der Waals surface area contributed by atoms with Crippen molar-refractivity contribution >= 4 is 53.3 Å². The molecule has 3 rings (SSSR count). The number of nitrogens with one attached hydrogen (secondary N) is 1. The molecule has 1 fully saturated rings. The highest BCUT2D eigenvalue weighted by molar-refractivity contribution is 6.30. The largest absolute Gasteiger partial charge is 0.449 e. The molecule has 0 aromatic heterocycles. The zero-order chi connectivity index (χ0) is 19.1. The summed E-state index contributed by atoms with van der Waals surface area (Å²) in [5, 5.41) is 3.52. The number of benzene rings is 2. The lowest BCUT2D eigenvalue weighted by Crippen LogP contribution is -2.14. The Morgan fingerprint density at radius 2 is 1.93 bits per heavy atom. The molecule has 4 nitrogen and oxygen atoms in total. The molecule has 2 aromatic rings. The highest BCUT2D eigenvalue weighted by Gasteiger charge is 2.16. The number of ether oxygens (including phenoxy) is 1. The van der Waals surface area contributed by atoms with Crippen molar-refractivity contribution in [1.29, 1.82) is 0 Å². The molecule has 0 atom stereocenters. The summed E-state index contributed by atoms with van der Waals surface area (Å²) in [6.45, 7) is 2.36. The number of hydrogen-bond donors (Lipinski definition) is 1. The Morgan fingerprint density at radius 1 is 1.18 bits per heavy atom. The maximum Gasteiger partial charge on any atom is 0.411 e. The summed E-state index contributed by atoms with van der Waals surface area (Å²) >= 11 is 5.97. The molecule has 1 amide bonds. The number of carbonyl (C=O) groups is 1. The molecule has 0 heterocycles. The quantitative estimate of drug-likeness (QED) is 0.564. The van der Waals surface area contributed by atoms with Crippen LogP contribution in [0.2, 0.25) is 5.02 Å². The van der Waals surface area contributed by atoms with Crippen molar-refractivity contribution in [2.75, 3.05) is 11.9 Å². The second-order valence-electron chi connectivity index (χ2n) is 6.41. The van der Waals surface area contributed by atoms with Crippen LogP contribution in [0, 0.1) is 0 Å². The summed E-state index contributed by atoms with van der Waals surface area (Å²) in [4.78, 5) is 16.7. The highest BCUT2D eigenvalue weighted by Crippen LogP contribution is 2.31. The van der Waals surface area contributed by atoms with Crippen molar-refractivity contribution < 1.29 is 9.53 Å². The smallest absolute Gasteiger partial charge is 0.411 e. The predicted octanol–water partition coefficient (Wildman–Crippen LogP) is 7.06. The third-order valence-corrected chi connectivity index (χ3v) is 4.53. The van der Waals surface area contributed by atoms with Crippen LogP contribution in [0.1, 0.15) is 38.2 Å². The van der Waals surface area contributed by atoms with Crippen LogP contribution in [0.4, 0.5) is 16.2 Å². The summed E-state index contributed by atoms with van der Waals surface area (Å²) in [5.41, 5.74) is 4.79. The first-order chi connectivity index (χ1) is 13.2. The fourth-order valence-electron chi connectivity index (χ4n) is 2.96. The Bertz CT molecular complexity index is 861. The van der Waals surface area contributed by atoms with Gasteiger partial charge in [0.1, 0.15) is 0 Å². The van der Waals surface area contributed by atoms with E-state index in [0.717, 1.165) is 47.7 Å². The number of aliphatic imine (C=N–C) groups is 1. The minimum atomic E-state index is -0.451. The molecule has 148 valence electrons. The van der Waals surface area contributed by atoms with Crippen LogP contribution in [0.3, 0.4) is 0 Å². The van der Waals surface area contributed by atoms with E-state index in [9.17, 15) is 4.79 Å². The van der Waals surface area contributed by atoms with Crippen molar-refractivity contribution in [3.05, 3.63) is 64.7 Å². The molecular formula is C22H24Cl2N2O2. The molecular weight excluding hydrogens is 395 g/mol. The van der Waals surface area contributed by atoms with Gasteiger partial charge in [0, 0.05) is 10.7 Å². The lowest BCUT2D eigenvalue weighted by atomic mass is 10.1. The predicted molar refractivity (Wildman–Crippen MR) is 119 cm³/mol. The molecule has 1 aliphatic rings. The van der Waals surface area contributed by atoms with Gasteiger partial charge in [-0.25, -0.2) is 4.79 Å². The normalized spacial score (nSPS) is 16.1. The van der Waals surface area contributed by atoms with E-state index in [1.54, 1.807) is 0 Å². The van der Waals surface area contributed by atoms with Crippen LogP contribution in [0.15, 0.2) is 59.1 Å². The molecule has 0 bridgehead atoms. The third-order valence-electron chi connectivity index (χ3n) is 4.27. The van der Waals surface area contributed by atoms with Crippen LogP contribution >= 0.6 is 24.0 Å². The second kappa shape index (κ2) is 10.9. The van der Waals surface area contributed by atoms with E-state index < -0.39 is 6.09 Å². The lowest BCUT2D eigenvalue weighted by molar-refractivity contribution is 0.161. The minimum Gasteiger partial charge on any atom is -0.449 e. The molecule has 2 aromatic carbocycles. The molecule has 0 unspecified atom stereocenters. The standard InChI is InChI=1S/C22H23ClN2O2.ClH/c1-2-14-27-22(26)25-21-8-4-3-7-20(21)24-19-9-5-6-17(19)15-16-10-12-18(23)13-11-16;/h3-4,7-8,10-13,15H,2,5-6,9,14H2,1H3,(H,25,26);1H. The van der Waals surface area contributed by atoms with Crippen LogP contribution in [-0.4, -0.2) is 18.4 Å². The molecule has 1 saturated carbocycles. The van der Waals surface area contributed by atoms with Crippen LogP contribution in [-0.2, 0) is 4.74 Å². The van der Waals surface area contributed by atoms with Gasteiger partial charge in [-0.2, -0.15) is 0 Å². The summed E-state index contributed by atoms with van der Waals surface area (Å²) in [5.74, 6) is 0. The molecule has 1 aliphatic carbocycles. The van der Waals surface area contributed by atoms with Gasteiger partial charge in [0.15, 0.2) is 0 Å². The summed E-state index contributed by atoms with van der Waals surface area (Å²) < 4.78 is 5.11. The van der Waals surface area contributed by atoms with E-state index in [4.69, 9.17) is 21.3 Å². The number of halogens is 2. The Hall–Kier alpha value is -2.30. The Balaban J connectivity index is 0.00000280. The van der Waals surface area contributed by atoms with E-state index in [0.29, 0.717) is 12.3 Å². The van der Waals surface area contributed by atoms with Crippen molar-refractivity contribution in [2.24, 2.45) is 4.99 Å². The molecule has 0 aliphatic heterocycles. The van der Waals surface area contributed by atoms with Crippen molar-refractivity contribution in [3.8, 4) is 0 Å². The van der Waals surface area contributed by atoms with Crippen molar-refractivity contribution in [2.45, 2.75) is 32.6 Å². The number of para-hydroxylation sites is 2. The number of hydrogen-bond acceptors (Lipinski definition) is 3. The maximum absolute atomic E-state index is 11.9. The Morgan fingerprint density at radius 3 is 2.68 bits per heavy atom. The SMILES string of the molecule is CCCOC(=O)Nc1ccccc1N=C1CCCC1=Cc1ccc(Cl)cc1.Cl. The zero-order valence-corrected chi connectivity index (χ0v) is 17.4. The van der Waals surface area contributed by atoms with Crippen LogP contribution in [0.5, 0.6) is 0 Å². The summed E-state index contributed by atoms with van der Waals surface area (Å²) in [6.07, 6.45) is 5.49. The summed E-state index contributed by atoms with van der Waals surface area (Å²) in [7, 11) is 0. The molecule has 0 saturated heterocycles. The third kappa shape index (κ3) is 6.11. The fraction of sp³-hybridized carbons (Fsp3) is 0.273. The van der Waals surface area contributed by atoms with Crippen LogP contribution < -0.4 is 5.32 Å². The number of nitrogens with zero attached hydrogens (tertiary/aromatic N) is 1. The van der Waals surface area contributed by atoms with Crippen molar-refractivity contribution in [3.63, 3.8) is 0 Å². The zero-order valence-electron chi connectivity index (χ0n) is 15.8. The molecule has 1 N–H and O–H groups in total. The van der Waals surface area contributed by atoms with Crippen molar-refractivity contribution in [1.82, 2.24) is 0 Å². The Kier molecular flexibility index (Phi) is 8.55. The van der Waals surface area contributed by atoms with E-state index in [1.165, 1.54) is 5.57 Å². The van der Waals surface area contributed by atoms with E-state index in [2.05, 4.69) is 11.4 Å². The van der Waals surface area contributed by atoms with Gasteiger partial charge in [0.2, 0.25) is 0 Å². The van der Waals surface area contributed by atoms with E-state index >= 15 is 0 Å². The Labute approximate surface area is 177 Å². The number of allylic oxidation sites excluding steroid dienone is 1. The van der Waals surface area contributed by atoms with Gasteiger partial charge in [0.05, 0.1) is 18.0 Å². The number of carbonyl (C=O) groups excluding carboxylic acids is 1. The van der Waals surface area contributed by atoms with Crippen LogP contribution in [0.25, 0.3) is 6.08 Å². The number of rotatable bonds is 5. The molecule has 28 heavy (non-hydrogen) atoms. The monoisotopic (exact) mass is 418 g/mol. The van der Waals surface area contributed by atoms with Gasteiger partial charge >= 0.3 is 6.09 Å². The molecule has 0 spiro atoms. The molecule has 6 heteroatoms. The van der Waals surface area contributed by atoms with Gasteiger partial charge in [-0.3, -0.25) is 10.3 Å². The fourth-order valence-corrected chi connectivity index (χ4v) is 3.08. The number of anilines is 1. The van der Waals surface area contributed by atoms with E-state index in [1.807, 2.05) is 55.5 Å². The molecule has 0 radical (unpaired) electrons. The number of amides is 1. The maximum atomic E-state index is 11.9. The summed E-state index contributed by atoms with van der Waals surface area (Å²) in [6, 6.07) is 15.3. The first kappa shape index (κ1) is 22.0. The average Bonchev–Trinajstić information content (AvgIpc) is 3.10. The minimum absolute atomic E-state index is 0. The first-order valence-electron chi connectivity index (χ1n) is 9.22. The van der Waals surface area contributed by atoms with Gasteiger partial charge in [-0.1, -0.05) is 42.8 Å².